The van der Waals surface area contributed by atoms with Crippen LogP contribution < -0.4 is 15.1 Å². The molecule has 2 aromatic heterocycles. The van der Waals surface area contributed by atoms with Crippen molar-refractivity contribution in [2.45, 2.75) is 57.7 Å². The molecule has 11 heteroatoms. The van der Waals surface area contributed by atoms with Crippen LogP contribution in [0.3, 0.4) is 0 Å². The number of ether oxygens (including phenoxy) is 1. The zero-order chi connectivity index (χ0) is 27.4. The first kappa shape index (κ1) is 27.3. The van der Waals surface area contributed by atoms with E-state index in [-0.39, 0.29) is 12.1 Å². The second-order valence-corrected chi connectivity index (χ2v) is 11.3. The molecule has 0 atom stereocenters. The van der Waals surface area contributed by atoms with Crippen molar-refractivity contribution in [2.75, 3.05) is 47.9 Å². The molecule has 3 aromatic rings. The third kappa shape index (κ3) is 6.66. The molecule has 2 aliphatic rings. The predicted molar refractivity (Wildman–Crippen MR) is 152 cm³/mol. The van der Waals surface area contributed by atoms with Gasteiger partial charge in [-0.25, -0.2) is 9.78 Å². The molecule has 39 heavy (non-hydrogen) atoms. The van der Waals surface area contributed by atoms with Crippen LogP contribution in [0.25, 0.3) is 0 Å². The summed E-state index contributed by atoms with van der Waals surface area (Å²) in [6.45, 7) is 6.60. The first-order valence-corrected chi connectivity index (χ1v) is 14.4. The van der Waals surface area contributed by atoms with E-state index in [9.17, 15) is 15.0 Å². The summed E-state index contributed by atoms with van der Waals surface area (Å²) in [7, 11) is 0. The molecule has 4 heterocycles. The van der Waals surface area contributed by atoms with Crippen LogP contribution >= 0.6 is 11.3 Å². The van der Waals surface area contributed by atoms with E-state index in [4.69, 9.17) is 14.7 Å². The van der Waals surface area contributed by atoms with Crippen LogP contribution in [-0.2, 0) is 11.2 Å². The molecule has 1 aromatic carbocycles. The number of aromatic nitrogens is 3. The highest BCUT2D eigenvalue weighted by Crippen LogP contribution is 2.32. The largest absolute Gasteiger partial charge is 0.462 e. The monoisotopic (exact) mass is 552 g/mol. The summed E-state index contributed by atoms with van der Waals surface area (Å²) in [5, 5.41) is 25.0. The summed E-state index contributed by atoms with van der Waals surface area (Å²) in [6, 6.07) is 12.1. The standard InChI is InChI=1S/C28H36N6O4S/c1-3-38-25(36)24-19(2)29-27(39-24)32-26-30-22(33-13-9-21(35)10-14-33)17-23(31-26)34-15-11-28(37,12-16-34)18-20-7-5-4-6-8-20/h4-8,17,21,35,37H,3,9-16,18H2,1-2H3,(H,29,30,31,32). The molecule has 0 aliphatic carbocycles. The smallest absolute Gasteiger partial charge is 0.350 e. The maximum absolute atomic E-state index is 12.3. The van der Waals surface area contributed by atoms with Crippen LogP contribution in [0, 0.1) is 6.92 Å². The number of aryl methyl sites for hydroxylation is 1. The van der Waals surface area contributed by atoms with Gasteiger partial charge in [-0.3, -0.25) is 5.32 Å². The number of nitrogens with zero attached hydrogens (tertiary/aromatic N) is 5. The lowest BCUT2D eigenvalue weighted by atomic mass is 9.85. The number of carbonyl (C=O) groups excluding carboxylic acids is 1. The Labute approximate surface area is 232 Å². The topological polar surface area (TPSA) is 124 Å². The lowest BCUT2D eigenvalue weighted by Gasteiger charge is -2.39. The second kappa shape index (κ2) is 11.8. The molecule has 3 N–H and O–H groups in total. The van der Waals surface area contributed by atoms with Crippen molar-refractivity contribution in [3.63, 3.8) is 0 Å². The van der Waals surface area contributed by atoms with Crippen molar-refractivity contribution in [1.29, 1.82) is 0 Å². The minimum absolute atomic E-state index is 0.288. The summed E-state index contributed by atoms with van der Waals surface area (Å²) in [5.41, 5.74) is 0.980. The molecule has 0 spiro atoms. The van der Waals surface area contributed by atoms with Crippen LogP contribution in [0.15, 0.2) is 36.4 Å². The number of nitrogens with one attached hydrogen (secondary N) is 1. The molecule has 0 saturated carbocycles. The van der Waals surface area contributed by atoms with Gasteiger partial charge >= 0.3 is 5.97 Å². The molecular weight excluding hydrogens is 516 g/mol. The lowest BCUT2D eigenvalue weighted by Crippen LogP contribution is -2.46. The van der Waals surface area contributed by atoms with Crippen LogP contribution in [0.2, 0.25) is 0 Å². The Bertz CT molecular complexity index is 1270. The maximum Gasteiger partial charge on any atom is 0.350 e. The maximum atomic E-state index is 12.3. The van der Waals surface area contributed by atoms with Crippen molar-refractivity contribution < 1.29 is 19.7 Å². The van der Waals surface area contributed by atoms with Gasteiger partial charge in [-0.2, -0.15) is 9.97 Å². The Morgan fingerprint density at radius 3 is 2.36 bits per heavy atom. The number of hydrogen-bond donors (Lipinski definition) is 3. The third-order valence-corrected chi connectivity index (χ3v) is 8.41. The molecule has 0 amide bonds. The van der Waals surface area contributed by atoms with Gasteiger partial charge < -0.3 is 24.7 Å². The minimum Gasteiger partial charge on any atom is -0.462 e. The number of aliphatic hydroxyl groups is 2. The Kier molecular flexibility index (Phi) is 8.29. The van der Waals surface area contributed by atoms with Gasteiger partial charge in [0.2, 0.25) is 5.95 Å². The highest BCUT2D eigenvalue weighted by Gasteiger charge is 2.33. The van der Waals surface area contributed by atoms with Crippen molar-refractivity contribution >= 4 is 40.0 Å². The highest BCUT2D eigenvalue weighted by atomic mass is 32.1. The highest BCUT2D eigenvalue weighted by molar-refractivity contribution is 7.17. The van der Waals surface area contributed by atoms with Gasteiger partial charge in [0.1, 0.15) is 16.5 Å². The second-order valence-electron chi connectivity index (χ2n) is 10.3. The van der Waals surface area contributed by atoms with Gasteiger partial charge in [0, 0.05) is 38.7 Å². The number of anilines is 4. The van der Waals surface area contributed by atoms with Crippen molar-refractivity contribution in [3.8, 4) is 0 Å². The van der Waals surface area contributed by atoms with Crippen molar-refractivity contribution in [2.24, 2.45) is 0 Å². The van der Waals surface area contributed by atoms with E-state index >= 15 is 0 Å². The average Bonchev–Trinajstić information content (AvgIpc) is 3.29. The molecule has 208 valence electrons. The fourth-order valence-corrected chi connectivity index (χ4v) is 5.99. The van der Waals surface area contributed by atoms with E-state index in [1.165, 1.54) is 11.3 Å². The summed E-state index contributed by atoms with van der Waals surface area (Å²) in [6.07, 6.45) is 2.98. The number of thiazole rings is 1. The number of carbonyl (C=O) groups is 1. The summed E-state index contributed by atoms with van der Waals surface area (Å²) in [5.74, 6) is 1.55. The summed E-state index contributed by atoms with van der Waals surface area (Å²) < 4.78 is 5.15. The van der Waals surface area contributed by atoms with Crippen molar-refractivity contribution in [3.05, 3.63) is 52.5 Å². The number of piperidine rings is 2. The average molecular weight is 553 g/mol. The van der Waals surface area contributed by atoms with Crippen LogP contribution in [0.5, 0.6) is 0 Å². The molecule has 0 bridgehead atoms. The van der Waals surface area contributed by atoms with Gasteiger partial charge in [-0.05, 0) is 45.1 Å². The Morgan fingerprint density at radius 1 is 1.08 bits per heavy atom. The van der Waals surface area contributed by atoms with Gasteiger partial charge in [0.15, 0.2) is 5.13 Å². The fourth-order valence-electron chi connectivity index (χ4n) is 5.13. The lowest BCUT2D eigenvalue weighted by molar-refractivity contribution is 0.0164. The van der Waals surface area contributed by atoms with Gasteiger partial charge in [-0.15, -0.1) is 0 Å². The first-order valence-electron chi connectivity index (χ1n) is 13.6. The van der Waals surface area contributed by atoms with E-state index in [1.54, 1.807) is 13.8 Å². The molecule has 2 saturated heterocycles. The molecule has 0 radical (unpaired) electrons. The number of hydrogen-bond acceptors (Lipinski definition) is 11. The Hall–Kier alpha value is -3.28. The molecule has 0 unspecified atom stereocenters. The normalized spacial score (nSPS) is 17.7. The quantitative estimate of drug-likeness (QED) is 0.356. The van der Waals surface area contributed by atoms with E-state index in [0.29, 0.717) is 86.5 Å². The predicted octanol–water partition coefficient (Wildman–Crippen LogP) is 3.70. The summed E-state index contributed by atoms with van der Waals surface area (Å²) >= 11 is 1.22. The Morgan fingerprint density at radius 2 is 1.72 bits per heavy atom. The molecular formula is C28H36N6O4S. The van der Waals surface area contributed by atoms with Crippen LogP contribution in [0.4, 0.5) is 22.7 Å². The van der Waals surface area contributed by atoms with Gasteiger partial charge in [-0.1, -0.05) is 41.7 Å². The zero-order valence-electron chi connectivity index (χ0n) is 22.5. The molecule has 5 rings (SSSR count). The minimum atomic E-state index is -0.750. The van der Waals surface area contributed by atoms with E-state index in [0.717, 1.165) is 17.2 Å². The van der Waals surface area contributed by atoms with E-state index in [1.807, 2.05) is 24.3 Å². The first-order chi connectivity index (χ1) is 18.8. The van der Waals surface area contributed by atoms with Gasteiger partial charge in [0.25, 0.3) is 0 Å². The van der Waals surface area contributed by atoms with Crippen LogP contribution in [0.1, 0.15) is 53.5 Å². The summed E-state index contributed by atoms with van der Waals surface area (Å²) in [4.78, 5) is 31.2. The van der Waals surface area contributed by atoms with Crippen molar-refractivity contribution in [1.82, 2.24) is 15.0 Å². The number of esters is 1. The SMILES string of the molecule is CCOC(=O)c1sc(Nc2nc(N3CCC(O)CC3)cc(N3CCC(O)(Cc4ccccc4)CC3)n2)nc1C. The number of benzene rings is 1. The van der Waals surface area contributed by atoms with E-state index < -0.39 is 5.60 Å². The molecule has 10 nitrogen and oxygen atoms in total. The Balaban J connectivity index is 1.36. The van der Waals surface area contributed by atoms with Gasteiger partial charge in [0.05, 0.1) is 24.0 Å². The number of rotatable bonds is 8. The third-order valence-electron chi connectivity index (χ3n) is 7.36. The zero-order valence-corrected chi connectivity index (χ0v) is 23.3. The number of aliphatic hydroxyl groups excluding tert-OH is 1. The van der Waals surface area contributed by atoms with E-state index in [2.05, 4.69) is 32.2 Å². The fraction of sp³-hybridized carbons (Fsp3) is 0.500. The van der Waals surface area contributed by atoms with Crippen LogP contribution in [-0.4, -0.2) is 75.6 Å². The molecule has 2 fully saturated rings. The molecule has 2 aliphatic heterocycles.